The van der Waals surface area contributed by atoms with Gasteiger partial charge in [0.15, 0.2) is 0 Å². The molecule has 8 atom stereocenters. The van der Waals surface area contributed by atoms with Gasteiger partial charge in [0, 0.05) is 60.5 Å². The monoisotopic (exact) mass is 1250 g/mol. The number of carbonyl (C=O) groups excluding carboxylic acids is 10. The van der Waals surface area contributed by atoms with Crippen LogP contribution in [0, 0.1) is 11.8 Å². The fourth-order valence-electron chi connectivity index (χ4n) is 13.2. The Labute approximate surface area is 539 Å². The fourth-order valence-corrected chi connectivity index (χ4v) is 13.2. The van der Waals surface area contributed by atoms with Gasteiger partial charge < -0.3 is 41.7 Å². The normalized spacial score (nSPS) is 19.7. The van der Waals surface area contributed by atoms with Gasteiger partial charge in [-0.05, 0) is 151 Å². The van der Waals surface area contributed by atoms with Gasteiger partial charge in [0.1, 0.15) is 24.2 Å². The SMILES string of the molecule is CN[C@@H](C)C(=O)N[C@H](C(=O)N1CC(NC(=O)c2ccc(C(=O)N[C@H]3C[C@@H](C(=O)N(CCc4ccccc4)C(=O)c4ccccc4)N(C(=O)[C@@H](NC(=O)[C@@H](C)NC)C4CCCCC4)C3)cc2)CC1C(=O)N(CCc1ccccc1)C(=O)c1ccccc1)C1CCCCC1. The minimum Gasteiger partial charge on any atom is -0.347 e. The molecule has 2 unspecified atom stereocenters. The van der Waals surface area contributed by atoms with Crippen LogP contribution in [-0.4, -0.2) is 167 Å². The summed E-state index contributed by atoms with van der Waals surface area (Å²) in [6, 6.07) is 34.5. The van der Waals surface area contributed by atoms with Crippen LogP contribution in [0.25, 0.3) is 0 Å². The molecule has 2 aliphatic heterocycles. The van der Waals surface area contributed by atoms with Crippen LogP contribution in [0.2, 0.25) is 0 Å². The Hall–Kier alpha value is -8.88. The number of hydrogen-bond acceptors (Lipinski definition) is 12. The second kappa shape index (κ2) is 32.4. The number of likely N-dealkylation sites (tertiary alicyclic amines) is 2. The van der Waals surface area contributed by atoms with Crippen molar-refractivity contribution in [3.8, 4) is 0 Å². The van der Waals surface area contributed by atoms with Crippen LogP contribution in [0.4, 0.5) is 0 Å². The first kappa shape index (κ1) is 67.5. The molecule has 20 heteroatoms. The predicted molar refractivity (Wildman–Crippen MR) is 349 cm³/mol. The minimum atomic E-state index is -1.20. The summed E-state index contributed by atoms with van der Waals surface area (Å²) in [5, 5.41) is 18.0. The topological polar surface area (TPSA) is 256 Å². The third-order valence-corrected chi connectivity index (χ3v) is 18.8. The predicted octanol–water partition coefficient (Wildman–Crippen LogP) is 6.25. The summed E-state index contributed by atoms with van der Waals surface area (Å²) in [7, 11) is 3.31. The zero-order valence-corrected chi connectivity index (χ0v) is 53.2. The highest BCUT2D eigenvalue weighted by Gasteiger charge is 2.49. The van der Waals surface area contributed by atoms with Crippen molar-refractivity contribution in [1.29, 1.82) is 0 Å². The average Bonchev–Trinajstić information content (AvgIpc) is 1.72. The molecule has 2 heterocycles. The summed E-state index contributed by atoms with van der Waals surface area (Å²) in [6.07, 6.45) is 8.75. The van der Waals surface area contributed by atoms with E-state index in [-0.39, 0.29) is 84.9 Å². The summed E-state index contributed by atoms with van der Waals surface area (Å²) < 4.78 is 0. The number of amides is 10. The van der Waals surface area contributed by atoms with E-state index in [1.165, 1.54) is 43.9 Å². The van der Waals surface area contributed by atoms with Gasteiger partial charge >= 0.3 is 0 Å². The van der Waals surface area contributed by atoms with Crippen molar-refractivity contribution < 1.29 is 47.9 Å². The van der Waals surface area contributed by atoms with Gasteiger partial charge in [0.25, 0.3) is 35.4 Å². The Morgan fingerprint density at radius 3 is 1.09 bits per heavy atom. The van der Waals surface area contributed by atoms with Crippen molar-refractivity contribution in [2.75, 3.05) is 40.3 Å². The Bertz CT molecular complexity index is 3140. The largest absolute Gasteiger partial charge is 0.347 e. The number of likely N-dealkylation sites (N-methyl/N-ethyl adjacent to an activating group) is 2. The maximum Gasteiger partial charge on any atom is 0.260 e. The lowest BCUT2D eigenvalue weighted by Gasteiger charge is -2.36. The molecule has 4 aliphatic rings. The summed E-state index contributed by atoms with van der Waals surface area (Å²) in [5.74, 6) is -5.56. The Morgan fingerprint density at radius 1 is 0.435 bits per heavy atom. The van der Waals surface area contributed by atoms with E-state index >= 15 is 19.2 Å². The molecule has 5 aromatic rings. The van der Waals surface area contributed by atoms with Crippen LogP contribution in [0.15, 0.2) is 146 Å². The molecule has 4 fully saturated rings. The van der Waals surface area contributed by atoms with Crippen LogP contribution in [0.3, 0.4) is 0 Å². The molecule has 92 heavy (non-hydrogen) atoms. The molecule has 0 spiro atoms. The minimum absolute atomic E-state index is 0.00503. The smallest absolute Gasteiger partial charge is 0.260 e. The lowest BCUT2D eigenvalue weighted by Crippen LogP contribution is -2.59. The highest BCUT2D eigenvalue weighted by atomic mass is 16.2. The molecule has 6 N–H and O–H groups in total. The number of hydrogen-bond donors (Lipinski definition) is 6. The molecule has 2 saturated heterocycles. The van der Waals surface area contributed by atoms with Gasteiger partial charge in [-0.2, -0.15) is 0 Å². The quantitative estimate of drug-likeness (QED) is 0.0375. The summed E-state index contributed by atoms with van der Waals surface area (Å²) in [5.41, 5.74) is 2.69. The Balaban J connectivity index is 0.955. The van der Waals surface area contributed by atoms with Crippen molar-refractivity contribution >= 4 is 59.1 Å². The van der Waals surface area contributed by atoms with E-state index in [4.69, 9.17) is 0 Å². The van der Waals surface area contributed by atoms with Crippen molar-refractivity contribution in [2.24, 2.45) is 11.8 Å². The van der Waals surface area contributed by atoms with E-state index in [1.54, 1.807) is 88.6 Å². The number of nitrogens with one attached hydrogen (secondary N) is 6. The number of benzene rings is 5. The molecule has 0 aromatic heterocycles. The number of imide groups is 2. The molecule has 2 aliphatic carbocycles. The lowest BCUT2D eigenvalue weighted by molar-refractivity contribution is -0.145. The second-order valence-electron chi connectivity index (χ2n) is 25.0. The summed E-state index contributed by atoms with van der Waals surface area (Å²) in [4.78, 5) is 151. The van der Waals surface area contributed by atoms with Crippen molar-refractivity contribution in [2.45, 2.75) is 152 Å². The van der Waals surface area contributed by atoms with Crippen molar-refractivity contribution in [3.05, 3.63) is 179 Å². The maximum absolute atomic E-state index is 15.2. The van der Waals surface area contributed by atoms with Gasteiger partial charge in [0.05, 0.1) is 12.1 Å². The van der Waals surface area contributed by atoms with E-state index in [2.05, 4.69) is 31.9 Å². The first-order valence-electron chi connectivity index (χ1n) is 32.7. The Kier molecular flexibility index (Phi) is 23.8. The lowest BCUT2D eigenvalue weighted by atomic mass is 9.83. The molecular weight excluding hydrogens is 1160 g/mol. The van der Waals surface area contributed by atoms with E-state index < -0.39 is 95.6 Å². The molecule has 0 bridgehead atoms. The summed E-state index contributed by atoms with van der Waals surface area (Å²) in [6.45, 7) is 3.19. The van der Waals surface area contributed by atoms with Crippen LogP contribution >= 0.6 is 0 Å². The van der Waals surface area contributed by atoms with E-state index in [1.807, 2.05) is 60.7 Å². The van der Waals surface area contributed by atoms with Gasteiger partial charge in [0.2, 0.25) is 23.6 Å². The fraction of sp³-hybridized carbons (Fsp3) is 0.444. The zero-order valence-electron chi connectivity index (χ0n) is 53.2. The van der Waals surface area contributed by atoms with Gasteiger partial charge in [-0.3, -0.25) is 57.7 Å². The molecule has 0 radical (unpaired) electrons. The molecule has 9 rings (SSSR count). The molecule has 5 aromatic carbocycles. The average molecular weight is 1250 g/mol. The third-order valence-electron chi connectivity index (χ3n) is 18.8. The number of nitrogens with zero attached hydrogens (tertiary/aromatic N) is 4. The number of rotatable bonds is 24. The standard InChI is InChI=1S/C72H88N10O10/c1-47(73-3)63(83)77-61(51-27-15-7-16-28-51)71(91)81-45-57(43-59(81)69(89)79(41-39-49-23-11-5-12-24-49)67(87)55-31-19-9-20-32-55)75-65(85)53-35-37-54(38-36-53)66(86)76-58-44-60(82(46-58)72(92)62(52-29-17-8-18-30-52)78-64(84)48(2)74-4)70(90)80(42-40-50-25-13-6-14-26-50)68(88)56-33-21-10-22-34-56/h5-6,9-14,19-26,31-38,47-48,51-52,57-62,73-74H,7-8,15-18,27-30,39-46H2,1-4H3,(H,75,85)(H,76,86)(H,77,83)(H,78,84)/t47-,48+,57+,58?,59+,60?,61+,62+/m1/s1. The first-order chi connectivity index (χ1) is 44.5. The Morgan fingerprint density at radius 2 is 0.761 bits per heavy atom. The van der Waals surface area contributed by atoms with Gasteiger partial charge in [-0.25, -0.2) is 0 Å². The zero-order chi connectivity index (χ0) is 65.3. The van der Waals surface area contributed by atoms with Crippen molar-refractivity contribution in [1.82, 2.24) is 51.5 Å². The van der Waals surface area contributed by atoms with Crippen LogP contribution in [-0.2, 0) is 41.6 Å². The molecule has 10 amide bonds. The molecule has 20 nitrogen and oxygen atoms in total. The van der Waals surface area contributed by atoms with Crippen LogP contribution in [0.5, 0.6) is 0 Å². The van der Waals surface area contributed by atoms with E-state index in [9.17, 15) is 28.8 Å². The summed E-state index contributed by atoms with van der Waals surface area (Å²) >= 11 is 0. The highest BCUT2D eigenvalue weighted by Crippen LogP contribution is 2.33. The van der Waals surface area contributed by atoms with Crippen molar-refractivity contribution in [3.63, 3.8) is 0 Å². The van der Waals surface area contributed by atoms with Crippen LogP contribution in [0.1, 0.15) is 143 Å². The van der Waals surface area contributed by atoms with E-state index in [0.29, 0.717) is 38.5 Å². The van der Waals surface area contributed by atoms with E-state index in [0.717, 1.165) is 49.7 Å². The second-order valence-corrected chi connectivity index (χ2v) is 25.0. The molecule has 2 saturated carbocycles. The first-order valence-corrected chi connectivity index (χ1v) is 32.7. The molecular formula is C72H88N10O10. The van der Waals surface area contributed by atoms with Crippen LogP contribution < -0.4 is 31.9 Å². The maximum atomic E-state index is 15.2. The van der Waals surface area contributed by atoms with Gasteiger partial charge in [-0.1, -0.05) is 136 Å². The highest BCUT2D eigenvalue weighted by molar-refractivity contribution is 6.08. The third kappa shape index (κ3) is 17.0. The van der Waals surface area contributed by atoms with Gasteiger partial charge in [-0.15, -0.1) is 0 Å². The number of carbonyl (C=O) groups is 10. The molecule has 486 valence electrons.